The highest BCUT2D eigenvalue weighted by Crippen LogP contribution is 2.36. The molecule has 3 heteroatoms. The third-order valence-electron chi connectivity index (χ3n) is 2.68. The second-order valence-electron chi connectivity index (χ2n) is 3.44. The summed E-state index contributed by atoms with van der Waals surface area (Å²) in [7, 11) is -1.93. The molecule has 11 heavy (non-hydrogen) atoms. The van der Waals surface area contributed by atoms with Gasteiger partial charge in [-0.05, 0) is 24.3 Å². The van der Waals surface area contributed by atoms with E-state index in [1.165, 1.54) is 19.3 Å². The second-order valence-corrected chi connectivity index (χ2v) is 4.86. The molecule has 1 rings (SSSR count). The van der Waals surface area contributed by atoms with E-state index < -0.39 is 8.03 Å². The summed E-state index contributed by atoms with van der Waals surface area (Å²) < 4.78 is 10.7. The third kappa shape index (κ3) is 2.53. The summed E-state index contributed by atoms with van der Waals surface area (Å²) in [4.78, 5) is 8.88. The zero-order chi connectivity index (χ0) is 8.27. The maximum atomic E-state index is 10.7. The van der Waals surface area contributed by atoms with Crippen molar-refractivity contribution in [3.05, 3.63) is 0 Å². The van der Waals surface area contributed by atoms with Gasteiger partial charge in [0.05, 0.1) is 0 Å². The lowest BCUT2D eigenvalue weighted by Gasteiger charge is -2.20. The summed E-state index contributed by atoms with van der Waals surface area (Å²) in [5.74, 6) is 0.511. The van der Waals surface area contributed by atoms with Crippen molar-refractivity contribution in [2.45, 2.75) is 44.7 Å². The van der Waals surface area contributed by atoms with Gasteiger partial charge in [0.2, 0.25) is 0 Å². The standard InChI is InChI=1S/C8H15O2P/c1-7(11(9)10)8-5-3-2-4-6-8/h7-8H,2-6H2,1H3/p+1. The summed E-state index contributed by atoms with van der Waals surface area (Å²) in [6.07, 6.45) is 6.12. The van der Waals surface area contributed by atoms with E-state index in [1.54, 1.807) is 0 Å². The van der Waals surface area contributed by atoms with Gasteiger partial charge in [0.15, 0.2) is 5.66 Å². The van der Waals surface area contributed by atoms with Gasteiger partial charge in [0.25, 0.3) is 0 Å². The van der Waals surface area contributed by atoms with Gasteiger partial charge in [-0.15, -0.1) is 0 Å². The summed E-state index contributed by atoms with van der Waals surface area (Å²) in [6.45, 7) is 1.90. The van der Waals surface area contributed by atoms with Crippen molar-refractivity contribution in [2.75, 3.05) is 0 Å². The molecule has 0 saturated heterocycles. The molecule has 0 aliphatic heterocycles. The molecule has 2 unspecified atom stereocenters. The Morgan fingerprint density at radius 1 is 1.36 bits per heavy atom. The zero-order valence-electron chi connectivity index (χ0n) is 6.99. The van der Waals surface area contributed by atoms with Gasteiger partial charge in [-0.3, -0.25) is 0 Å². The molecule has 0 bridgehead atoms. The Labute approximate surface area is 68.9 Å². The first-order chi connectivity index (χ1) is 5.22. The molecule has 64 valence electrons. The first-order valence-corrected chi connectivity index (χ1v) is 5.65. The van der Waals surface area contributed by atoms with Crippen molar-refractivity contribution in [2.24, 2.45) is 5.92 Å². The van der Waals surface area contributed by atoms with E-state index >= 15 is 0 Å². The molecular weight excluding hydrogens is 159 g/mol. The fraction of sp³-hybridized carbons (Fsp3) is 1.00. The first kappa shape index (κ1) is 9.15. The molecule has 0 aromatic rings. The Kier molecular flexibility index (Phi) is 3.47. The van der Waals surface area contributed by atoms with Gasteiger partial charge >= 0.3 is 8.03 Å². The van der Waals surface area contributed by atoms with E-state index in [9.17, 15) is 4.57 Å². The molecule has 1 N–H and O–H groups in total. The van der Waals surface area contributed by atoms with Crippen LogP contribution in [-0.2, 0) is 4.57 Å². The zero-order valence-corrected chi connectivity index (χ0v) is 7.89. The lowest BCUT2D eigenvalue weighted by molar-refractivity contribution is 0.340. The quantitative estimate of drug-likeness (QED) is 0.655. The van der Waals surface area contributed by atoms with Gasteiger partial charge in [0, 0.05) is 5.92 Å². The average molecular weight is 175 g/mol. The minimum atomic E-state index is -1.93. The molecule has 1 fully saturated rings. The summed E-state index contributed by atoms with van der Waals surface area (Å²) >= 11 is 0. The largest absolute Gasteiger partial charge is 0.508 e. The number of hydrogen-bond acceptors (Lipinski definition) is 1. The van der Waals surface area contributed by atoms with Gasteiger partial charge in [-0.2, -0.15) is 4.89 Å². The van der Waals surface area contributed by atoms with Crippen LogP contribution in [0.5, 0.6) is 0 Å². The minimum Gasteiger partial charge on any atom is -0.161 e. The molecular formula is C8H16O2P+. The predicted octanol–water partition coefficient (Wildman–Crippen LogP) is 2.69. The third-order valence-corrected chi connectivity index (χ3v) is 3.80. The van der Waals surface area contributed by atoms with Crippen LogP contribution in [0.2, 0.25) is 0 Å². The normalized spacial score (nSPS) is 24.7. The fourth-order valence-corrected chi connectivity index (χ4v) is 2.46. The smallest absolute Gasteiger partial charge is 0.161 e. The Morgan fingerprint density at radius 2 is 1.91 bits per heavy atom. The van der Waals surface area contributed by atoms with Gasteiger partial charge in [-0.1, -0.05) is 19.3 Å². The van der Waals surface area contributed by atoms with Gasteiger partial charge in [0.1, 0.15) is 0 Å². The highest BCUT2D eigenvalue weighted by molar-refractivity contribution is 7.38. The number of hydrogen-bond donors (Lipinski definition) is 1. The van der Waals surface area contributed by atoms with Crippen molar-refractivity contribution in [3.8, 4) is 0 Å². The van der Waals surface area contributed by atoms with Crippen LogP contribution in [0, 0.1) is 5.92 Å². The minimum absolute atomic E-state index is 0.0188. The Hall–Kier alpha value is 0.0600. The van der Waals surface area contributed by atoms with Gasteiger partial charge < -0.3 is 0 Å². The SMILES string of the molecule is CC(C1CCCCC1)[P+](=O)O. The lowest BCUT2D eigenvalue weighted by Crippen LogP contribution is -2.16. The topological polar surface area (TPSA) is 37.3 Å². The highest BCUT2D eigenvalue weighted by atomic mass is 31.1. The summed E-state index contributed by atoms with van der Waals surface area (Å²) in [5, 5.41) is 0. The molecule has 2 nitrogen and oxygen atoms in total. The van der Waals surface area contributed by atoms with Gasteiger partial charge in [-0.25, -0.2) is 0 Å². The van der Waals surface area contributed by atoms with E-state index in [0.717, 1.165) is 12.8 Å². The van der Waals surface area contributed by atoms with Crippen molar-refractivity contribution < 1.29 is 9.46 Å². The van der Waals surface area contributed by atoms with Crippen LogP contribution in [0.15, 0.2) is 0 Å². The van der Waals surface area contributed by atoms with Crippen molar-refractivity contribution >= 4 is 8.03 Å². The molecule has 0 amide bonds. The van der Waals surface area contributed by atoms with Crippen molar-refractivity contribution in [1.82, 2.24) is 0 Å². The van der Waals surface area contributed by atoms with E-state index in [-0.39, 0.29) is 5.66 Å². The molecule has 1 aliphatic carbocycles. The van der Waals surface area contributed by atoms with Crippen molar-refractivity contribution in [3.63, 3.8) is 0 Å². The van der Waals surface area contributed by atoms with E-state index in [0.29, 0.717) is 5.92 Å². The van der Waals surface area contributed by atoms with E-state index in [1.807, 2.05) is 6.92 Å². The highest BCUT2D eigenvalue weighted by Gasteiger charge is 2.33. The second kappa shape index (κ2) is 4.18. The molecule has 0 spiro atoms. The fourth-order valence-electron chi connectivity index (χ4n) is 1.80. The Bertz CT molecular complexity index is 141. The Balaban J connectivity index is 2.38. The Morgan fingerprint density at radius 3 is 2.36 bits per heavy atom. The van der Waals surface area contributed by atoms with Crippen LogP contribution in [0.25, 0.3) is 0 Å². The van der Waals surface area contributed by atoms with Crippen LogP contribution in [-0.4, -0.2) is 10.6 Å². The molecule has 0 heterocycles. The van der Waals surface area contributed by atoms with Crippen LogP contribution in [0.3, 0.4) is 0 Å². The summed E-state index contributed by atoms with van der Waals surface area (Å²) in [6, 6.07) is 0. The van der Waals surface area contributed by atoms with Crippen LogP contribution in [0.1, 0.15) is 39.0 Å². The number of rotatable bonds is 2. The molecule has 1 aliphatic rings. The monoisotopic (exact) mass is 175 g/mol. The molecule has 0 aromatic carbocycles. The first-order valence-electron chi connectivity index (χ1n) is 4.37. The maximum absolute atomic E-state index is 10.7. The van der Waals surface area contributed by atoms with Crippen LogP contribution in [0.4, 0.5) is 0 Å². The predicted molar refractivity (Wildman–Crippen MR) is 45.9 cm³/mol. The average Bonchev–Trinajstić information content (AvgIpc) is 2.05. The van der Waals surface area contributed by atoms with Crippen LogP contribution >= 0.6 is 8.03 Å². The van der Waals surface area contributed by atoms with E-state index in [4.69, 9.17) is 4.89 Å². The molecule has 0 aromatic heterocycles. The molecule has 2 atom stereocenters. The van der Waals surface area contributed by atoms with Crippen LogP contribution < -0.4 is 0 Å². The maximum Gasteiger partial charge on any atom is 0.508 e. The van der Waals surface area contributed by atoms with Crippen molar-refractivity contribution in [1.29, 1.82) is 0 Å². The molecule has 1 saturated carbocycles. The summed E-state index contributed by atoms with van der Waals surface area (Å²) in [5.41, 5.74) is 0.0188. The van der Waals surface area contributed by atoms with E-state index in [2.05, 4.69) is 0 Å². The molecule has 0 radical (unpaired) electrons. The lowest BCUT2D eigenvalue weighted by atomic mass is 9.87.